The fourth-order valence-corrected chi connectivity index (χ4v) is 3.28. The molecule has 1 saturated heterocycles. The van der Waals surface area contributed by atoms with Gasteiger partial charge in [0, 0.05) is 6.54 Å². The molecule has 0 aliphatic carbocycles. The van der Waals surface area contributed by atoms with Gasteiger partial charge in [-0.2, -0.15) is 0 Å². The zero-order chi connectivity index (χ0) is 16.8. The van der Waals surface area contributed by atoms with Gasteiger partial charge in [-0.1, -0.05) is 30.3 Å². The van der Waals surface area contributed by atoms with Gasteiger partial charge < -0.3 is 9.64 Å². The molecule has 0 N–H and O–H groups in total. The van der Waals surface area contributed by atoms with Crippen molar-refractivity contribution in [1.29, 1.82) is 0 Å². The number of para-hydroxylation sites is 1. The average Bonchev–Trinajstić information content (AvgIpc) is 2.60. The van der Waals surface area contributed by atoms with Gasteiger partial charge in [0.15, 0.2) is 0 Å². The molecule has 1 heterocycles. The maximum Gasteiger partial charge on any atom is 0.123 e. The highest BCUT2D eigenvalue weighted by molar-refractivity contribution is 5.85. The van der Waals surface area contributed by atoms with Gasteiger partial charge in [0.25, 0.3) is 0 Å². The lowest BCUT2D eigenvalue weighted by molar-refractivity contribution is 0.142. The van der Waals surface area contributed by atoms with E-state index in [4.69, 9.17) is 4.74 Å². The van der Waals surface area contributed by atoms with Crippen LogP contribution in [0.3, 0.4) is 0 Å². The van der Waals surface area contributed by atoms with Gasteiger partial charge in [0.05, 0.1) is 6.61 Å². The van der Waals surface area contributed by atoms with E-state index in [1.165, 1.54) is 24.5 Å². The highest BCUT2D eigenvalue weighted by Gasteiger charge is 2.19. The first-order valence-electron chi connectivity index (χ1n) is 8.86. The van der Waals surface area contributed by atoms with Crippen LogP contribution in [0.25, 0.3) is 0 Å². The average molecular weight is 364 g/mol. The summed E-state index contributed by atoms with van der Waals surface area (Å²) in [6.07, 6.45) is 3.27. The SMILES string of the molecule is Cc1ccccc1OCC1CCN(CCc2cccc(F)c2)CC1.Cl. The third kappa shape index (κ3) is 6.02. The standard InChI is InChI=1S/C21H26FNO.ClH/c1-17-5-2-3-8-21(17)24-16-19-10-13-23(14-11-19)12-9-18-6-4-7-20(22)15-18;/h2-8,15,19H,9-14,16H2,1H3;1H. The van der Waals surface area contributed by atoms with Crippen LogP contribution in [0.15, 0.2) is 48.5 Å². The van der Waals surface area contributed by atoms with E-state index in [-0.39, 0.29) is 18.2 Å². The number of benzene rings is 2. The second-order valence-electron chi connectivity index (χ2n) is 6.74. The van der Waals surface area contributed by atoms with Gasteiger partial charge in [-0.3, -0.25) is 0 Å². The van der Waals surface area contributed by atoms with Crippen LogP contribution in [0, 0.1) is 18.7 Å². The second kappa shape index (κ2) is 9.79. The summed E-state index contributed by atoms with van der Waals surface area (Å²) in [5.41, 5.74) is 2.28. The van der Waals surface area contributed by atoms with Gasteiger partial charge >= 0.3 is 0 Å². The van der Waals surface area contributed by atoms with Crippen molar-refractivity contribution in [3.05, 3.63) is 65.5 Å². The van der Waals surface area contributed by atoms with Crippen LogP contribution < -0.4 is 4.74 Å². The third-order valence-corrected chi connectivity index (χ3v) is 4.88. The topological polar surface area (TPSA) is 12.5 Å². The van der Waals surface area contributed by atoms with Gasteiger partial charge in [0.1, 0.15) is 11.6 Å². The van der Waals surface area contributed by atoms with E-state index in [0.717, 1.165) is 44.0 Å². The maximum atomic E-state index is 13.2. The minimum atomic E-state index is -0.139. The lowest BCUT2D eigenvalue weighted by atomic mass is 9.97. The fraction of sp³-hybridized carbons (Fsp3) is 0.429. The van der Waals surface area contributed by atoms with Crippen molar-refractivity contribution in [1.82, 2.24) is 4.90 Å². The molecule has 0 radical (unpaired) electrons. The van der Waals surface area contributed by atoms with Crippen LogP contribution in [-0.2, 0) is 6.42 Å². The molecule has 3 rings (SSSR count). The smallest absolute Gasteiger partial charge is 0.123 e. The number of likely N-dealkylation sites (tertiary alicyclic amines) is 1. The normalized spacial score (nSPS) is 15.6. The molecule has 1 fully saturated rings. The maximum absolute atomic E-state index is 13.2. The van der Waals surface area contributed by atoms with Crippen molar-refractivity contribution in [2.45, 2.75) is 26.2 Å². The summed E-state index contributed by atoms with van der Waals surface area (Å²) in [6.45, 7) is 6.12. The predicted octanol–water partition coefficient (Wildman–Crippen LogP) is 4.89. The van der Waals surface area contributed by atoms with Crippen LogP contribution in [0.4, 0.5) is 4.39 Å². The molecule has 2 nitrogen and oxygen atoms in total. The Morgan fingerprint density at radius 1 is 1.08 bits per heavy atom. The third-order valence-electron chi connectivity index (χ3n) is 4.88. The summed E-state index contributed by atoms with van der Waals surface area (Å²) in [5.74, 6) is 1.50. The Balaban J connectivity index is 0.00000225. The summed E-state index contributed by atoms with van der Waals surface area (Å²) >= 11 is 0. The summed E-state index contributed by atoms with van der Waals surface area (Å²) < 4.78 is 19.2. The number of ether oxygens (including phenoxy) is 1. The Kier molecular flexibility index (Phi) is 7.73. The number of hydrogen-bond acceptors (Lipinski definition) is 2. The molecule has 0 atom stereocenters. The zero-order valence-corrected chi connectivity index (χ0v) is 15.6. The monoisotopic (exact) mass is 363 g/mol. The Hall–Kier alpha value is -1.58. The number of hydrogen-bond donors (Lipinski definition) is 0. The van der Waals surface area contributed by atoms with Crippen molar-refractivity contribution in [3.63, 3.8) is 0 Å². The van der Waals surface area contributed by atoms with E-state index in [1.54, 1.807) is 12.1 Å². The zero-order valence-electron chi connectivity index (χ0n) is 14.8. The highest BCUT2D eigenvalue weighted by atomic mass is 35.5. The van der Waals surface area contributed by atoms with E-state index < -0.39 is 0 Å². The van der Waals surface area contributed by atoms with Crippen molar-refractivity contribution in [2.24, 2.45) is 5.92 Å². The molecule has 4 heteroatoms. The van der Waals surface area contributed by atoms with E-state index >= 15 is 0 Å². The van der Waals surface area contributed by atoms with E-state index in [9.17, 15) is 4.39 Å². The van der Waals surface area contributed by atoms with E-state index in [1.807, 2.05) is 24.3 Å². The van der Waals surface area contributed by atoms with E-state index in [2.05, 4.69) is 17.9 Å². The molecule has 0 aromatic heterocycles. The molecule has 0 unspecified atom stereocenters. The lowest BCUT2D eigenvalue weighted by Gasteiger charge is -2.32. The molecule has 1 aliphatic heterocycles. The Morgan fingerprint density at radius 2 is 1.84 bits per heavy atom. The first-order valence-corrected chi connectivity index (χ1v) is 8.86. The fourth-order valence-electron chi connectivity index (χ4n) is 3.28. The largest absolute Gasteiger partial charge is 0.493 e. The first-order chi connectivity index (χ1) is 11.7. The van der Waals surface area contributed by atoms with Crippen molar-refractivity contribution >= 4 is 12.4 Å². The molecule has 136 valence electrons. The summed E-state index contributed by atoms with van der Waals surface area (Å²) in [6, 6.07) is 15.1. The Morgan fingerprint density at radius 3 is 2.56 bits per heavy atom. The summed E-state index contributed by atoms with van der Waals surface area (Å²) in [5, 5.41) is 0. The molecular formula is C21H27ClFNO. The van der Waals surface area contributed by atoms with Gasteiger partial charge in [-0.05, 0) is 74.5 Å². The highest BCUT2D eigenvalue weighted by Crippen LogP contribution is 2.21. The molecular weight excluding hydrogens is 337 g/mol. The molecule has 0 saturated carbocycles. The molecule has 0 bridgehead atoms. The van der Waals surface area contributed by atoms with Gasteiger partial charge in [-0.15, -0.1) is 12.4 Å². The molecule has 0 spiro atoms. The molecule has 1 aliphatic rings. The number of halogens is 2. The van der Waals surface area contributed by atoms with Crippen LogP contribution in [-0.4, -0.2) is 31.1 Å². The summed E-state index contributed by atoms with van der Waals surface area (Å²) in [7, 11) is 0. The first kappa shape index (κ1) is 19.7. The van der Waals surface area contributed by atoms with Crippen LogP contribution >= 0.6 is 12.4 Å². The molecule has 25 heavy (non-hydrogen) atoms. The molecule has 0 amide bonds. The Bertz CT molecular complexity index is 656. The van der Waals surface area contributed by atoms with Gasteiger partial charge in [-0.25, -0.2) is 4.39 Å². The molecule has 2 aromatic rings. The van der Waals surface area contributed by atoms with Crippen LogP contribution in [0.2, 0.25) is 0 Å². The summed E-state index contributed by atoms with van der Waals surface area (Å²) in [4.78, 5) is 2.48. The number of rotatable bonds is 6. The van der Waals surface area contributed by atoms with Crippen molar-refractivity contribution < 1.29 is 9.13 Å². The Labute approximate surface area is 156 Å². The number of nitrogens with zero attached hydrogens (tertiary/aromatic N) is 1. The second-order valence-corrected chi connectivity index (χ2v) is 6.74. The quantitative estimate of drug-likeness (QED) is 0.724. The number of aryl methyl sites for hydroxylation is 1. The minimum absolute atomic E-state index is 0. The minimum Gasteiger partial charge on any atom is -0.493 e. The number of piperidine rings is 1. The van der Waals surface area contributed by atoms with Crippen molar-refractivity contribution in [2.75, 3.05) is 26.2 Å². The van der Waals surface area contributed by atoms with Crippen LogP contribution in [0.5, 0.6) is 5.75 Å². The van der Waals surface area contributed by atoms with Crippen LogP contribution in [0.1, 0.15) is 24.0 Å². The predicted molar refractivity (Wildman–Crippen MR) is 103 cm³/mol. The van der Waals surface area contributed by atoms with Crippen molar-refractivity contribution in [3.8, 4) is 5.75 Å². The lowest BCUT2D eigenvalue weighted by Crippen LogP contribution is -2.36. The molecule has 2 aromatic carbocycles. The van der Waals surface area contributed by atoms with E-state index in [0.29, 0.717) is 5.92 Å². The van der Waals surface area contributed by atoms with Gasteiger partial charge in [0.2, 0.25) is 0 Å².